The van der Waals surface area contributed by atoms with Gasteiger partial charge in [-0.2, -0.15) is 17.6 Å². The van der Waals surface area contributed by atoms with Crippen LogP contribution in [0.15, 0.2) is 18.2 Å². The molecule has 0 aliphatic carbocycles. The van der Waals surface area contributed by atoms with Gasteiger partial charge in [0.2, 0.25) is 0 Å². The maximum absolute atomic E-state index is 12.5. The molecule has 2 atom stereocenters. The molecule has 1 N–H and O–H groups in total. The zero-order valence-electron chi connectivity index (χ0n) is 15.1. The van der Waals surface area contributed by atoms with E-state index in [1.807, 2.05) is 0 Å². The number of nitrogens with one attached hydrogen (secondary N) is 1. The molecule has 27 heavy (non-hydrogen) atoms. The van der Waals surface area contributed by atoms with Gasteiger partial charge in [-0.3, -0.25) is 4.79 Å². The number of esters is 1. The molecule has 0 amide bonds. The molecule has 0 aliphatic heterocycles. The van der Waals surface area contributed by atoms with E-state index in [4.69, 9.17) is 0 Å². The first-order valence-electron chi connectivity index (χ1n) is 7.72. The van der Waals surface area contributed by atoms with Crippen molar-refractivity contribution in [3.05, 3.63) is 23.8 Å². The normalized spacial score (nSPS) is 14.1. The fraction of sp³-hybridized carbons (Fsp3) is 0.562. The van der Waals surface area contributed by atoms with Crippen LogP contribution >= 0.6 is 0 Å². The van der Waals surface area contributed by atoms with E-state index < -0.39 is 52.5 Å². The summed E-state index contributed by atoms with van der Waals surface area (Å²) in [6.45, 7) is -1.38. The highest BCUT2D eigenvalue weighted by atomic mass is 32.2. The molecule has 1 aromatic carbocycles. The molecule has 1 rings (SSSR count). The van der Waals surface area contributed by atoms with Gasteiger partial charge >= 0.3 is 19.2 Å². The molecular formula is C16H21F4NO5S. The number of halogens is 4. The van der Waals surface area contributed by atoms with Crippen LogP contribution in [-0.2, 0) is 20.5 Å². The zero-order chi connectivity index (χ0) is 20.8. The zero-order valence-corrected chi connectivity index (χ0v) is 15.9. The summed E-state index contributed by atoms with van der Waals surface area (Å²) in [5, 5.41) is 0. The summed E-state index contributed by atoms with van der Waals surface area (Å²) in [6.07, 6.45) is -0.329. The van der Waals surface area contributed by atoms with Gasteiger partial charge in [-0.15, -0.1) is 0 Å². The number of hydrogen-bond acceptors (Lipinski definition) is 5. The monoisotopic (exact) mass is 415 g/mol. The molecule has 0 saturated heterocycles. The highest BCUT2D eigenvalue weighted by Gasteiger charge is 2.26. The maximum Gasteiger partial charge on any atom is 0.387 e. The maximum atomic E-state index is 12.5. The molecule has 0 fully saturated rings. The van der Waals surface area contributed by atoms with Crippen LogP contribution in [0, 0.1) is 0 Å². The Morgan fingerprint density at radius 3 is 1.93 bits per heavy atom. The molecule has 0 saturated carbocycles. The Bertz CT molecular complexity index is 638. The third-order valence-electron chi connectivity index (χ3n) is 3.16. The van der Waals surface area contributed by atoms with Crippen LogP contribution in [0.1, 0.15) is 38.8 Å². The van der Waals surface area contributed by atoms with E-state index in [1.165, 1.54) is 0 Å². The van der Waals surface area contributed by atoms with E-state index in [1.54, 1.807) is 20.8 Å². The molecule has 1 aromatic rings. The fourth-order valence-corrected chi connectivity index (χ4v) is 2.75. The van der Waals surface area contributed by atoms with Gasteiger partial charge in [0.1, 0.15) is 11.5 Å². The fourth-order valence-electron chi connectivity index (χ4n) is 1.92. The Balaban J connectivity index is 3.30. The lowest BCUT2D eigenvalue weighted by Crippen LogP contribution is -2.36. The summed E-state index contributed by atoms with van der Waals surface area (Å²) in [7, 11) is -0.516. The molecule has 0 spiro atoms. The van der Waals surface area contributed by atoms with E-state index in [2.05, 4.69) is 18.9 Å². The average Bonchev–Trinajstić information content (AvgIpc) is 2.51. The number of hydrogen-bond donors (Lipinski definition) is 1. The molecule has 0 aromatic heterocycles. The van der Waals surface area contributed by atoms with Crippen LogP contribution in [0.3, 0.4) is 0 Å². The van der Waals surface area contributed by atoms with Gasteiger partial charge < -0.3 is 14.2 Å². The molecular weight excluding hydrogens is 394 g/mol. The Hall–Kier alpha value is -1.88. The van der Waals surface area contributed by atoms with Crippen LogP contribution in [0.5, 0.6) is 11.5 Å². The van der Waals surface area contributed by atoms with Gasteiger partial charge in [-0.05, 0) is 38.5 Å². The SMILES string of the molecule is COC(=O)C[C@H](NS(=O)C(C)(C)C)c1cc(OC(F)F)cc(OC(F)F)c1. The number of benzene rings is 1. The first-order valence-corrected chi connectivity index (χ1v) is 8.86. The largest absolute Gasteiger partial charge is 0.469 e. The van der Waals surface area contributed by atoms with E-state index in [-0.39, 0.29) is 12.0 Å². The third kappa shape index (κ3) is 8.12. The topological polar surface area (TPSA) is 73.9 Å². The lowest BCUT2D eigenvalue weighted by atomic mass is 10.0. The highest BCUT2D eigenvalue weighted by Crippen LogP contribution is 2.31. The van der Waals surface area contributed by atoms with Gasteiger partial charge in [-0.1, -0.05) is 0 Å². The van der Waals surface area contributed by atoms with Crippen LogP contribution in [0.4, 0.5) is 17.6 Å². The second kappa shape index (κ2) is 9.88. The van der Waals surface area contributed by atoms with Crippen LogP contribution in [0.25, 0.3) is 0 Å². The lowest BCUT2D eigenvalue weighted by Gasteiger charge is -2.24. The van der Waals surface area contributed by atoms with E-state index in [0.717, 1.165) is 25.3 Å². The molecule has 154 valence electrons. The Labute approximate surface area is 156 Å². The highest BCUT2D eigenvalue weighted by molar-refractivity contribution is 7.84. The van der Waals surface area contributed by atoms with Crippen LogP contribution in [-0.4, -0.2) is 35.3 Å². The minimum absolute atomic E-state index is 0.0896. The van der Waals surface area contributed by atoms with Crippen LogP contribution in [0.2, 0.25) is 0 Å². The first-order chi connectivity index (χ1) is 12.4. The Morgan fingerprint density at radius 1 is 1.07 bits per heavy atom. The number of ether oxygens (including phenoxy) is 3. The van der Waals surface area contributed by atoms with Gasteiger partial charge in [0.05, 0.1) is 35.3 Å². The van der Waals surface area contributed by atoms with Crippen LogP contribution < -0.4 is 14.2 Å². The van der Waals surface area contributed by atoms with Gasteiger partial charge in [0.15, 0.2) is 0 Å². The number of methoxy groups -OCH3 is 1. The predicted octanol–water partition coefficient (Wildman–Crippen LogP) is 3.55. The van der Waals surface area contributed by atoms with Crippen molar-refractivity contribution in [3.63, 3.8) is 0 Å². The smallest absolute Gasteiger partial charge is 0.387 e. The molecule has 6 nitrogen and oxygen atoms in total. The van der Waals surface area contributed by atoms with E-state index >= 15 is 0 Å². The molecule has 0 bridgehead atoms. The van der Waals surface area contributed by atoms with E-state index in [0.29, 0.717) is 0 Å². The molecule has 0 aliphatic rings. The molecule has 0 radical (unpaired) electrons. The standard InChI is InChI=1S/C16H21F4NO5S/c1-16(2,3)27(23)21-12(8-13(22)24-4)9-5-10(25-14(17)18)7-11(6-9)26-15(19)20/h5-7,12,14-15,21H,8H2,1-4H3/t12-,27?/m0/s1. The van der Waals surface area contributed by atoms with Crippen molar-refractivity contribution in [1.29, 1.82) is 0 Å². The van der Waals surface area contributed by atoms with Gasteiger partial charge in [-0.25, -0.2) is 8.93 Å². The number of carbonyl (C=O) groups is 1. The predicted molar refractivity (Wildman–Crippen MR) is 90.1 cm³/mol. The molecule has 0 heterocycles. The number of carbonyl (C=O) groups excluding carboxylic acids is 1. The van der Waals surface area contributed by atoms with Crippen molar-refractivity contribution in [2.24, 2.45) is 0 Å². The Morgan fingerprint density at radius 2 is 1.56 bits per heavy atom. The number of alkyl halides is 4. The second-order valence-corrected chi connectivity index (χ2v) is 8.32. The second-order valence-electron chi connectivity index (χ2n) is 6.33. The summed E-state index contributed by atoms with van der Waals surface area (Å²) in [5.41, 5.74) is 0.0896. The molecule has 1 unspecified atom stereocenters. The van der Waals surface area contributed by atoms with E-state index in [9.17, 15) is 26.6 Å². The van der Waals surface area contributed by atoms with Crippen molar-refractivity contribution in [2.45, 2.75) is 51.2 Å². The quantitative estimate of drug-likeness (QED) is 0.493. The minimum Gasteiger partial charge on any atom is -0.469 e. The summed E-state index contributed by atoms with van der Waals surface area (Å²) < 4.78 is 77.6. The summed E-state index contributed by atoms with van der Waals surface area (Å²) >= 11 is 0. The number of rotatable bonds is 9. The van der Waals surface area contributed by atoms with Crippen molar-refractivity contribution in [3.8, 4) is 11.5 Å². The van der Waals surface area contributed by atoms with Crippen molar-refractivity contribution < 1.29 is 40.8 Å². The lowest BCUT2D eigenvalue weighted by molar-refractivity contribution is -0.141. The summed E-state index contributed by atoms with van der Waals surface area (Å²) in [6, 6.07) is 2.10. The molecule has 11 heteroatoms. The summed E-state index contributed by atoms with van der Waals surface area (Å²) in [5.74, 6) is -1.58. The Kier molecular flexibility index (Phi) is 8.48. The first kappa shape index (κ1) is 23.2. The van der Waals surface area contributed by atoms with Crippen molar-refractivity contribution >= 4 is 17.0 Å². The van der Waals surface area contributed by atoms with Crippen molar-refractivity contribution in [2.75, 3.05) is 7.11 Å². The van der Waals surface area contributed by atoms with Gasteiger partial charge in [0, 0.05) is 6.07 Å². The van der Waals surface area contributed by atoms with Gasteiger partial charge in [0.25, 0.3) is 0 Å². The minimum atomic E-state index is -3.20. The summed E-state index contributed by atoms with van der Waals surface area (Å²) in [4.78, 5) is 11.7. The third-order valence-corrected chi connectivity index (χ3v) is 4.77. The van der Waals surface area contributed by atoms with Crippen molar-refractivity contribution in [1.82, 2.24) is 4.72 Å². The average molecular weight is 415 g/mol.